The van der Waals surface area contributed by atoms with Crippen LogP contribution in [0.25, 0.3) is 32.5 Å². The molecule has 1 aromatic carbocycles. The molecule has 6 heterocycles. The molecule has 3 aliphatic heterocycles. The van der Waals surface area contributed by atoms with Crippen LogP contribution in [0, 0.1) is 5.82 Å². The Kier molecular flexibility index (Phi) is 5.82. The third kappa shape index (κ3) is 4.17. The van der Waals surface area contributed by atoms with Crippen LogP contribution in [0.3, 0.4) is 0 Å². The lowest BCUT2D eigenvalue weighted by atomic mass is 9.99. The standard InChI is InChI=1S/C27H29FN6O2S/c28-20-1-2-21-19(3-7-29-21)24(20)26-30-22-15-18(37-25(22)27(31-26)33-11-13-36-14-12-33)16-32-8-4-17(5-9-32)34-10-6-23(34)35/h1-3,7,15,17,29H,4-6,8-14,16H2. The quantitative estimate of drug-likeness (QED) is 0.401. The minimum absolute atomic E-state index is 0.305. The van der Waals surface area contributed by atoms with Gasteiger partial charge in [-0.3, -0.25) is 9.69 Å². The van der Waals surface area contributed by atoms with Gasteiger partial charge in [-0.25, -0.2) is 14.4 Å². The molecule has 0 unspecified atom stereocenters. The van der Waals surface area contributed by atoms with Gasteiger partial charge in [0.1, 0.15) is 5.82 Å². The molecule has 1 N–H and O–H groups in total. The summed E-state index contributed by atoms with van der Waals surface area (Å²) in [6, 6.07) is 7.65. The second-order valence-corrected chi connectivity index (χ2v) is 11.2. The van der Waals surface area contributed by atoms with E-state index >= 15 is 4.39 Å². The summed E-state index contributed by atoms with van der Waals surface area (Å²) >= 11 is 1.73. The summed E-state index contributed by atoms with van der Waals surface area (Å²) in [5.41, 5.74) is 2.16. The summed E-state index contributed by atoms with van der Waals surface area (Å²) in [4.78, 5) is 32.8. The van der Waals surface area contributed by atoms with Crippen molar-refractivity contribution < 1.29 is 13.9 Å². The number of amides is 1. The number of rotatable bonds is 5. The van der Waals surface area contributed by atoms with Crippen molar-refractivity contribution in [1.82, 2.24) is 24.8 Å². The Morgan fingerprint density at radius 3 is 2.68 bits per heavy atom. The number of fused-ring (bicyclic) bond motifs is 2. The van der Waals surface area contributed by atoms with Crippen molar-refractivity contribution >= 4 is 44.2 Å². The van der Waals surface area contributed by atoms with Crippen LogP contribution in [0.5, 0.6) is 0 Å². The monoisotopic (exact) mass is 520 g/mol. The van der Waals surface area contributed by atoms with Gasteiger partial charge in [0.2, 0.25) is 5.91 Å². The predicted octanol–water partition coefficient (Wildman–Crippen LogP) is 4.01. The fraction of sp³-hybridized carbons (Fsp3) is 0.444. The third-order valence-electron chi connectivity index (χ3n) is 7.89. The molecule has 192 valence electrons. The van der Waals surface area contributed by atoms with E-state index in [1.54, 1.807) is 17.4 Å². The number of nitrogens with one attached hydrogen (secondary N) is 1. The Morgan fingerprint density at radius 2 is 1.92 bits per heavy atom. The van der Waals surface area contributed by atoms with E-state index in [0.29, 0.717) is 43.0 Å². The summed E-state index contributed by atoms with van der Waals surface area (Å²) in [5.74, 6) is 1.26. The first kappa shape index (κ1) is 23.1. The SMILES string of the molecule is O=C1CCN1C1CCN(Cc2cc3nc(-c4c(F)ccc5[nH]ccc45)nc(N4CCOCC4)c3s2)CC1. The lowest BCUT2D eigenvalue weighted by Gasteiger charge is -2.42. The summed E-state index contributed by atoms with van der Waals surface area (Å²) in [7, 11) is 0. The summed E-state index contributed by atoms with van der Waals surface area (Å²) < 4.78 is 21.8. The molecule has 4 aromatic rings. The molecule has 3 aliphatic rings. The summed E-state index contributed by atoms with van der Waals surface area (Å²) in [6.07, 6.45) is 4.58. The minimum Gasteiger partial charge on any atom is -0.378 e. The average Bonchev–Trinajstić information content (AvgIpc) is 3.55. The van der Waals surface area contributed by atoms with Gasteiger partial charge in [0.25, 0.3) is 0 Å². The highest BCUT2D eigenvalue weighted by molar-refractivity contribution is 7.19. The number of piperidine rings is 1. The molecule has 0 saturated carbocycles. The largest absolute Gasteiger partial charge is 0.378 e. The van der Waals surface area contributed by atoms with E-state index in [1.807, 2.05) is 17.2 Å². The van der Waals surface area contributed by atoms with E-state index in [1.165, 1.54) is 10.9 Å². The van der Waals surface area contributed by atoms with Crippen molar-refractivity contribution in [3.8, 4) is 11.4 Å². The minimum atomic E-state index is -0.321. The predicted molar refractivity (Wildman–Crippen MR) is 142 cm³/mol. The topological polar surface area (TPSA) is 77.6 Å². The highest BCUT2D eigenvalue weighted by Gasteiger charge is 2.33. The lowest BCUT2D eigenvalue weighted by Crippen LogP contribution is -2.53. The van der Waals surface area contributed by atoms with E-state index in [4.69, 9.17) is 14.7 Å². The van der Waals surface area contributed by atoms with Gasteiger partial charge in [-0.2, -0.15) is 0 Å². The van der Waals surface area contributed by atoms with Gasteiger partial charge in [0.15, 0.2) is 11.6 Å². The number of anilines is 1. The van der Waals surface area contributed by atoms with Crippen molar-refractivity contribution in [3.63, 3.8) is 0 Å². The second-order valence-electron chi connectivity index (χ2n) is 10.1. The van der Waals surface area contributed by atoms with Crippen LogP contribution in [0.1, 0.15) is 24.1 Å². The number of hydrogen-bond acceptors (Lipinski definition) is 7. The summed E-state index contributed by atoms with van der Waals surface area (Å²) in [5, 5.41) is 0.784. The molecule has 3 fully saturated rings. The number of aromatic nitrogens is 3. The molecule has 10 heteroatoms. The Labute approximate surface area is 218 Å². The molecule has 0 radical (unpaired) electrons. The first-order chi connectivity index (χ1) is 18.1. The number of hydrogen-bond donors (Lipinski definition) is 1. The Morgan fingerprint density at radius 1 is 1.08 bits per heavy atom. The van der Waals surface area contributed by atoms with E-state index in [-0.39, 0.29) is 5.82 Å². The second kappa shape index (κ2) is 9.34. The zero-order chi connectivity index (χ0) is 24.9. The zero-order valence-corrected chi connectivity index (χ0v) is 21.4. The molecule has 7 rings (SSSR count). The Bertz CT molecular complexity index is 1470. The van der Waals surface area contributed by atoms with Crippen LogP contribution < -0.4 is 4.90 Å². The number of carbonyl (C=O) groups excluding carboxylic acids is 1. The number of benzene rings is 1. The van der Waals surface area contributed by atoms with Crippen LogP contribution in [0.2, 0.25) is 0 Å². The number of ether oxygens (including phenoxy) is 1. The first-order valence-electron chi connectivity index (χ1n) is 13.0. The average molecular weight is 521 g/mol. The normalized spacial score (nSPS) is 19.8. The number of aromatic amines is 1. The number of halogens is 1. The highest BCUT2D eigenvalue weighted by Crippen LogP contribution is 2.37. The number of morpholine rings is 1. The number of carbonyl (C=O) groups is 1. The van der Waals surface area contributed by atoms with Crippen molar-refractivity contribution in [2.75, 3.05) is 50.8 Å². The molecule has 1 amide bonds. The number of likely N-dealkylation sites (tertiary alicyclic amines) is 2. The maximum absolute atomic E-state index is 15.2. The molecule has 3 aromatic heterocycles. The highest BCUT2D eigenvalue weighted by atomic mass is 32.1. The van der Waals surface area contributed by atoms with Crippen LogP contribution in [0.15, 0.2) is 30.5 Å². The van der Waals surface area contributed by atoms with Gasteiger partial charge in [0.05, 0.1) is 29.0 Å². The molecule has 0 aliphatic carbocycles. The van der Waals surface area contributed by atoms with Crippen LogP contribution in [0.4, 0.5) is 10.2 Å². The number of H-pyrrole nitrogens is 1. The molecule has 3 saturated heterocycles. The van der Waals surface area contributed by atoms with E-state index < -0.39 is 0 Å². The van der Waals surface area contributed by atoms with Crippen LogP contribution in [-0.2, 0) is 16.1 Å². The maximum Gasteiger partial charge on any atom is 0.224 e. The van der Waals surface area contributed by atoms with Crippen molar-refractivity contribution in [2.24, 2.45) is 0 Å². The molecular formula is C27H29FN6O2S. The van der Waals surface area contributed by atoms with E-state index in [2.05, 4.69) is 20.9 Å². The van der Waals surface area contributed by atoms with Gasteiger partial charge in [-0.1, -0.05) is 0 Å². The van der Waals surface area contributed by atoms with Crippen molar-refractivity contribution in [1.29, 1.82) is 0 Å². The number of nitrogens with zero attached hydrogens (tertiary/aromatic N) is 5. The Hall–Kier alpha value is -3.08. The molecule has 0 atom stereocenters. The van der Waals surface area contributed by atoms with Gasteiger partial charge >= 0.3 is 0 Å². The molecular weight excluding hydrogens is 491 g/mol. The fourth-order valence-corrected chi connectivity index (χ4v) is 6.96. The van der Waals surface area contributed by atoms with Crippen molar-refractivity contribution in [3.05, 3.63) is 41.2 Å². The Balaban J connectivity index is 1.22. The van der Waals surface area contributed by atoms with Crippen LogP contribution in [-0.4, -0.2) is 82.6 Å². The van der Waals surface area contributed by atoms with Crippen LogP contribution >= 0.6 is 11.3 Å². The van der Waals surface area contributed by atoms with E-state index in [0.717, 1.165) is 79.0 Å². The van der Waals surface area contributed by atoms with Gasteiger partial charge in [-0.15, -0.1) is 11.3 Å². The zero-order valence-electron chi connectivity index (χ0n) is 20.6. The molecule has 0 spiro atoms. The van der Waals surface area contributed by atoms with Crippen molar-refractivity contribution in [2.45, 2.75) is 31.8 Å². The summed E-state index contributed by atoms with van der Waals surface area (Å²) in [6.45, 7) is 6.53. The molecule has 0 bridgehead atoms. The lowest BCUT2D eigenvalue weighted by molar-refractivity contribution is -0.144. The van der Waals surface area contributed by atoms with E-state index in [9.17, 15) is 4.79 Å². The third-order valence-corrected chi connectivity index (χ3v) is 8.99. The first-order valence-corrected chi connectivity index (χ1v) is 13.9. The maximum atomic E-state index is 15.2. The number of β-lactam (4-membered cyclic amide) rings is 1. The number of thiophene rings is 1. The van der Waals surface area contributed by atoms with Gasteiger partial charge in [-0.05, 0) is 37.1 Å². The molecule has 8 nitrogen and oxygen atoms in total. The fourth-order valence-electron chi connectivity index (χ4n) is 5.81. The van der Waals surface area contributed by atoms with Gasteiger partial charge in [0, 0.05) is 73.7 Å². The van der Waals surface area contributed by atoms with Gasteiger partial charge < -0.3 is 19.5 Å². The molecule has 37 heavy (non-hydrogen) atoms. The smallest absolute Gasteiger partial charge is 0.224 e.